The molecule has 2 aliphatic rings. The Hall–Kier alpha value is -3.61. The van der Waals surface area contributed by atoms with Crippen LogP contribution in [0.4, 0.5) is 10.1 Å². The van der Waals surface area contributed by atoms with E-state index in [4.69, 9.17) is 10.5 Å². The van der Waals surface area contributed by atoms with Crippen molar-refractivity contribution in [3.8, 4) is 6.07 Å². The third-order valence-electron chi connectivity index (χ3n) is 5.81. The standard InChI is InChI=1S/C25H17BrFN3O3S/c26-20-7-3-1-5-17(20)22-19(13-28)25(29)33-23-18-6-2-4-8-21(18)30(34(31,32)24(22)23)14-15-9-11-16(27)12-10-15/h1-12,22H,14,29H2/t22-/m0/s1. The topological polar surface area (TPSA) is 96.4 Å². The quantitative estimate of drug-likeness (QED) is 0.500. The number of allylic oxidation sites excluding steroid dienone is 2. The molecule has 0 spiro atoms. The molecule has 6 nitrogen and oxygen atoms in total. The van der Waals surface area contributed by atoms with Crippen LogP contribution in [0.2, 0.25) is 0 Å². The molecule has 2 N–H and O–H groups in total. The van der Waals surface area contributed by atoms with Crippen LogP contribution in [0.5, 0.6) is 0 Å². The largest absolute Gasteiger partial charge is 0.439 e. The molecule has 0 aliphatic carbocycles. The van der Waals surface area contributed by atoms with Gasteiger partial charge in [0.1, 0.15) is 22.4 Å². The molecule has 0 aromatic heterocycles. The molecular weight excluding hydrogens is 521 g/mol. The van der Waals surface area contributed by atoms with Gasteiger partial charge in [0.15, 0.2) is 5.76 Å². The lowest BCUT2D eigenvalue weighted by molar-refractivity contribution is 0.357. The predicted octanol–water partition coefficient (Wildman–Crippen LogP) is 5.11. The van der Waals surface area contributed by atoms with E-state index in [0.717, 1.165) is 0 Å². The van der Waals surface area contributed by atoms with E-state index in [-0.39, 0.29) is 28.7 Å². The van der Waals surface area contributed by atoms with Crippen LogP contribution in [0, 0.1) is 17.1 Å². The van der Waals surface area contributed by atoms with Crippen LogP contribution < -0.4 is 10.0 Å². The second-order valence-electron chi connectivity index (χ2n) is 7.79. The number of benzene rings is 3. The number of nitrogens with two attached hydrogens (primary N) is 1. The second-order valence-corrected chi connectivity index (χ2v) is 10.5. The van der Waals surface area contributed by atoms with Crippen molar-refractivity contribution >= 4 is 37.4 Å². The molecule has 170 valence electrons. The average molecular weight is 538 g/mol. The zero-order valence-corrected chi connectivity index (χ0v) is 20.0. The number of hydrogen-bond acceptors (Lipinski definition) is 5. The predicted molar refractivity (Wildman–Crippen MR) is 130 cm³/mol. The van der Waals surface area contributed by atoms with E-state index < -0.39 is 21.8 Å². The second kappa shape index (κ2) is 8.31. The lowest BCUT2D eigenvalue weighted by Gasteiger charge is -2.38. The fourth-order valence-electron chi connectivity index (χ4n) is 4.26. The molecule has 0 bridgehead atoms. The summed E-state index contributed by atoms with van der Waals surface area (Å²) in [6, 6.07) is 21.7. The number of sulfonamides is 1. The SMILES string of the molecule is N#CC1=C(N)OC2=C([C@H]1c1ccccc1Br)S(=O)(=O)N(Cc1ccc(F)cc1)c1ccccc12. The van der Waals surface area contributed by atoms with Crippen molar-refractivity contribution in [1.29, 1.82) is 5.26 Å². The Morgan fingerprint density at radius 1 is 1.06 bits per heavy atom. The van der Waals surface area contributed by atoms with Gasteiger partial charge in [-0.2, -0.15) is 5.26 Å². The van der Waals surface area contributed by atoms with Gasteiger partial charge in [-0.1, -0.05) is 58.4 Å². The molecule has 0 radical (unpaired) electrons. The Bertz CT molecular complexity index is 1530. The summed E-state index contributed by atoms with van der Waals surface area (Å²) in [5, 5.41) is 9.92. The van der Waals surface area contributed by atoms with Crippen molar-refractivity contribution in [2.75, 3.05) is 4.31 Å². The van der Waals surface area contributed by atoms with E-state index in [1.54, 1.807) is 60.7 Å². The summed E-state index contributed by atoms with van der Waals surface area (Å²) in [6.45, 7) is -0.0276. The summed E-state index contributed by atoms with van der Waals surface area (Å²) in [4.78, 5) is -0.0639. The van der Waals surface area contributed by atoms with E-state index in [9.17, 15) is 18.1 Å². The first kappa shape index (κ1) is 22.2. The fourth-order valence-corrected chi connectivity index (χ4v) is 6.67. The molecule has 2 aliphatic heterocycles. The van der Waals surface area contributed by atoms with E-state index in [1.807, 2.05) is 6.07 Å². The molecule has 0 saturated heterocycles. The number of ether oxygens (including phenoxy) is 1. The van der Waals surface area contributed by atoms with Crippen LogP contribution in [0.25, 0.3) is 5.76 Å². The first-order valence-corrected chi connectivity index (χ1v) is 12.5. The molecule has 3 aromatic carbocycles. The molecule has 5 rings (SSSR count). The number of nitrogens with zero attached hydrogens (tertiary/aromatic N) is 2. The Balaban J connectivity index is 1.77. The van der Waals surface area contributed by atoms with Gasteiger partial charge in [-0.05, 0) is 41.5 Å². The van der Waals surface area contributed by atoms with Crippen LogP contribution in [0.3, 0.4) is 0 Å². The third kappa shape index (κ3) is 3.47. The van der Waals surface area contributed by atoms with Gasteiger partial charge in [0.2, 0.25) is 5.88 Å². The van der Waals surface area contributed by atoms with Crippen molar-refractivity contribution in [2.45, 2.75) is 12.5 Å². The van der Waals surface area contributed by atoms with Crippen LogP contribution in [0.15, 0.2) is 93.6 Å². The molecule has 0 unspecified atom stereocenters. The zero-order chi connectivity index (χ0) is 24.0. The minimum atomic E-state index is -4.19. The number of halogens is 2. The molecule has 0 saturated carbocycles. The Kier molecular flexibility index (Phi) is 5.42. The highest BCUT2D eigenvalue weighted by Gasteiger charge is 2.47. The van der Waals surface area contributed by atoms with Crippen molar-refractivity contribution in [1.82, 2.24) is 0 Å². The summed E-state index contributed by atoms with van der Waals surface area (Å²) in [7, 11) is -4.19. The Morgan fingerprint density at radius 2 is 1.74 bits per heavy atom. The normalized spacial score (nSPS) is 18.6. The van der Waals surface area contributed by atoms with Crippen LogP contribution in [0.1, 0.15) is 22.6 Å². The number of para-hydroxylation sites is 1. The maximum absolute atomic E-state index is 14.2. The highest BCUT2D eigenvalue weighted by atomic mass is 79.9. The molecule has 2 heterocycles. The van der Waals surface area contributed by atoms with Gasteiger partial charge in [-0.3, -0.25) is 4.31 Å². The zero-order valence-electron chi connectivity index (χ0n) is 17.6. The minimum absolute atomic E-state index is 0.00957. The first-order chi connectivity index (χ1) is 16.3. The van der Waals surface area contributed by atoms with E-state index in [1.165, 1.54) is 16.4 Å². The summed E-state index contributed by atoms with van der Waals surface area (Å²) < 4.78 is 49.5. The van der Waals surface area contributed by atoms with E-state index >= 15 is 0 Å². The highest BCUT2D eigenvalue weighted by molar-refractivity contribution is 9.10. The Morgan fingerprint density at radius 3 is 2.44 bits per heavy atom. The maximum Gasteiger partial charge on any atom is 0.265 e. The number of anilines is 1. The van der Waals surface area contributed by atoms with Crippen molar-refractivity contribution in [3.63, 3.8) is 0 Å². The fraction of sp³-hybridized carbons (Fsp3) is 0.0800. The van der Waals surface area contributed by atoms with E-state index in [2.05, 4.69) is 15.9 Å². The summed E-state index contributed by atoms with van der Waals surface area (Å²) in [6.07, 6.45) is 0. The van der Waals surface area contributed by atoms with Gasteiger partial charge < -0.3 is 10.5 Å². The van der Waals surface area contributed by atoms with Crippen LogP contribution >= 0.6 is 15.9 Å². The molecule has 0 fully saturated rings. The molecule has 9 heteroatoms. The van der Waals surface area contributed by atoms with Gasteiger partial charge in [-0.25, -0.2) is 12.8 Å². The lowest BCUT2D eigenvalue weighted by atomic mass is 9.88. The van der Waals surface area contributed by atoms with Gasteiger partial charge in [-0.15, -0.1) is 0 Å². The molecular formula is C25H17BrFN3O3S. The number of rotatable bonds is 3. The molecule has 0 amide bonds. The number of hydrogen-bond donors (Lipinski definition) is 1. The lowest BCUT2D eigenvalue weighted by Crippen LogP contribution is -2.39. The van der Waals surface area contributed by atoms with E-state index in [0.29, 0.717) is 26.9 Å². The maximum atomic E-state index is 14.2. The smallest absolute Gasteiger partial charge is 0.265 e. The molecule has 3 aromatic rings. The first-order valence-electron chi connectivity index (χ1n) is 10.3. The van der Waals surface area contributed by atoms with Crippen molar-refractivity contribution in [3.05, 3.63) is 116 Å². The van der Waals surface area contributed by atoms with Gasteiger partial charge in [0.05, 0.1) is 18.2 Å². The minimum Gasteiger partial charge on any atom is -0.439 e. The van der Waals surface area contributed by atoms with Crippen molar-refractivity contribution < 1.29 is 17.5 Å². The average Bonchev–Trinajstić information content (AvgIpc) is 2.82. The van der Waals surface area contributed by atoms with Crippen LogP contribution in [-0.4, -0.2) is 8.42 Å². The van der Waals surface area contributed by atoms with Gasteiger partial charge in [0, 0.05) is 10.0 Å². The third-order valence-corrected chi connectivity index (χ3v) is 8.42. The highest BCUT2D eigenvalue weighted by Crippen LogP contribution is 2.52. The van der Waals surface area contributed by atoms with Gasteiger partial charge in [0.25, 0.3) is 10.0 Å². The monoisotopic (exact) mass is 537 g/mol. The summed E-state index contributed by atoms with van der Waals surface area (Å²) in [5.41, 5.74) is 8.26. The Labute approximate surface area is 204 Å². The van der Waals surface area contributed by atoms with Gasteiger partial charge >= 0.3 is 0 Å². The van der Waals surface area contributed by atoms with Crippen LogP contribution in [-0.2, 0) is 21.3 Å². The summed E-state index contributed by atoms with van der Waals surface area (Å²) >= 11 is 3.49. The summed E-state index contributed by atoms with van der Waals surface area (Å²) in [5.74, 6) is -1.43. The van der Waals surface area contributed by atoms with Crippen molar-refractivity contribution in [2.24, 2.45) is 5.73 Å². The number of fused-ring (bicyclic) bond motifs is 2. The molecule has 1 atom stereocenters. The number of nitriles is 1. The molecule has 34 heavy (non-hydrogen) atoms.